The van der Waals surface area contributed by atoms with Crippen molar-refractivity contribution in [1.82, 2.24) is 5.32 Å². The maximum Gasteiger partial charge on any atom is 0.316 e. The number of carbonyl (C=O) groups excluding carboxylic acids is 2. The van der Waals surface area contributed by atoms with E-state index in [1.54, 1.807) is 24.3 Å². The van der Waals surface area contributed by atoms with Gasteiger partial charge < -0.3 is 26.8 Å². The van der Waals surface area contributed by atoms with Gasteiger partial charge in [-0.1, -0.05) is 6.08 Å². The normalized spacial score (nSPS) is 18.1. The molecular formula is C17H21N5O4. The number of nitrogens with one attached hydrogen (secondary N) is 2. The average Bonchev–Trinajstić information content (AvgIpc) is 2.95. The summed E-state index contributed by atoms with van der Waals surface area (Å²) in [6.45, 7) is 0.413. The predicted molar refractivity (Wildman–Crippen MR) is 95.5 cm³/mol. The number of nitrogens with two attached hydrogens (primary N) is 2. The molecule has 2 unspecified atom stereocenters. The van der Waals surface area contributed by atoms with Crippen molar-refractivity contribution in [3.8, 4) is 0 Å². The number of allylic oxidation sites excluding steroid dienone is 1. The molecule has 9 nitrogen and oxygen atoms in total. The highest BCUT2D eigenvalue weighted by molar-refractivity contribution is 6.00. The van der Waals surface area contributed by atoms with E-state index in [1.807, 2.05) is 0 Å². The molecule has 1 heterocycles. The van der Waals surface area contributed by atoms with Crippen molar-refractivity contribution in [3.63, 3.8) is 0 Å². The predicted octanol–water partition coefficient (Wildman–Crippen LogP) is 0.596. The molecule has 1 aliphatic heterocycles. The van der Waals surface area contributed by atoms with Crippen molar-refractivity contribution in [3.05, 3.63) is 42.1 Å². The van der Waals surface area contributed by atoms with Crippen molar-refractivity contribution < 1.29 is 19.5 Å². The number of benzene rings is 1. The van der Waals surface area contributed by atoms with Crippen LogP contribution in [-0.2, 0) is 9.59 Å². The molecule has 1 fully saturated rings. The van der Waals surface area contributed by atoms with Gasteiger partial charge in [-0.3, -0.25) is 15.0 Å². The van der Waals surface area contributed by atoms with Crippen LogP contribution in [0.3, 0.4) is 0 Å². The van der Waals surface area contributed by atoms with Crippen LogP contribution in [0.2, 0.25) is 0 Å². The number of nitrogen functional groups attached to an aromatic ring is 1. The van der Waals surface area contributed by atoms with E-state index in [-0.39, 0.29) is 18.2 Å². The van der Waals surface area contributed by atoms with E-state index in [2.05, 4.69) is 5.32 Å². The van der Waals surface area contributed by atoms with E-state index in [0.717, 1.165) is 0 Å². The van der Waals surface area contributed by atoms with Gasteiger partial charge in [0.15, 0.2) is 0 Å². The largest absolute Gasteiger partial charge is 0.481 e. The minimum absolute atomic E-state index is 0.0653. The molecule has 3 amide bonds. The second-order valence-electron chi connectivity index (χ2n) is 5.94. The lowest BCUT2D eigenvalue weighted by Crippen LogP contribution is -2.33. The van der Waals surface area contributed by atoms with Crippen molar-refractivity contribution in [2.24, 2.45) is 23.3 Å². The molecule has 26 heavy (non-hydrogen) atoms. The minimum Gasteiger partial charge on any atom is -0.481 e. The monoisotopic (exact) mass is 359 g/mol. The van der Waals surface area contributed by atoms with Gasteiger partial charge in [0, 0.05) is 24.0 Å². The molecule has 1 aromatic carbocycles. The topological polar surface area (TPSA) is 163 Å². The molecule has 0 saturated carbocycles. The number of anilines is 1. The number of amidine groups is 1. The summed E-state index contributed by atoms with van der Waals surface area (Å²) >= 11 is 0. The number of hydrogen-bond acceptors (Lipinski definition) is 4. The number of amides is 3. The van der Waals surface area contributed by atoms with Gasteiger partial charge >= 0.3 is 12.0 Å². The first-order chi connectivity index (χ1) is 12.3. The Morgan fingerprint density at radius 3 is 2.54 bits per heavy atom. The fourth-order valence-electron chi connectivity index (χ4n) is 2.95. The van der Waals surface area contributed by atoms with Crippen molar-refractivity contribution >= 4 is 29.4 Å². The number of urea groups is 1. The number of nitrogens with zero attached hydrogens (tertiary/aromatic N) is 1. The Labute approximate surface area is 150 Å². The van der Waals surface area contributed by atoms with E-state index < -0.39 is 23.8 Å². The quantitative estimate of drug-likeness (QED) is 0.355. The SMILES string of the molecule is N=C(N)c1ccc(N2CCC(C(CC=CNC(N)=O)C(=O)O)C2=O)cc1. The molecule has 138 valence electrons. The van der Waals surface area contributed by atoms with Crippen molar-refractivity contribution in [1.29, 1.82) is 5.41 Å². The number of primary amides is 1. The highest BCUT2D eigenvalue weighted by Crippen LogP contribution is 2.32. The summed E-state index contributed by atoms with van der Waals surface area (Å²) in [5.41, 5.74) is 11.5. The van der Waals surface area contributed by atoms with Crippen LogP contribution in [0.5, 0.6) is 0 Å². The van der Waals surface area contributed by atoms with E-state index in [4.69, 9.17) is 16.9 Å². The Kier molecular flexibility index (Phi) is 5.94. The van der Waals surface area contributed by atoms with E-state index in [0.29, 0.717) is 24.2 Å². The molecule has 1 saturated heterocycles. The molecular weight excluding hydrogens is 338 g/mol. The highest BCUT2D eigenvalue weighted by atomic mass is 16.4. The Bertz CT molecular complexity index is 744. The number of carbonyl (C=O) groups is 3. The molecule has 2 atom stereocenters. The lowest BCUT2D eigenvalue weighted by atomic mass is 9.88. The molecule has 0 aliphatic carbocycles. The third kappa shape index (κ3) is 4.38. The number of carboxylic acid groups (broad SMARTS) is 1. The lowest BCUT2D eigenvalue weighted by molar-refractivity contribution is -0.145. The second-order valence-corrected chi connectivity index (χ2v) is 5.94. The zero-order valence-corrected chi connectivity index (χ0v) is 14.0. The first-order valence-corrected chi connectivity index (χ1v) is 8.01. The summed E-state index contributed by atoms with van der Waals surface area (Å²) in [7, 11) is 0. The van der Waals surface area contributed by atoms with Gasteiger partial charge in [-0.25, -0.2) is 4.79 Å². The van der Waals surface area contributed by atoms with Crippen LogP contribution in [-0.4, -0.2) is 35.4 Å². The molecule has 0 spiro atoms. The fraction of sp³-hybridized carbons (Fsp3) is 0.294. The van der Waals surface area contributed by atoms with Gasteiger partial charge in [0.1, 0.15) is 5.84 Å². The van der Waals surface area contributed by atoms with Gasteiger partial charge in [0.25, 0.3) is 0 Å². The van der Waals surface area contributed by atoms with E-state index in [1.165, 1.54) is 17.2 Å². The second kappa shape index (κ2) is 8.15. The summed E-state index contributed by atoms with van der Waals surface area (Å²) in [6, 6.07) is 5.91. The van der Waals surface area contributed by atoms with Crippen LogP contribution >= 0.6 is 0 Å². The minimum atomic E-state index is -1.07. The molecule has 1 aromatic rings. The van der Waals surface area contributed by atoms with Crippen LogP contribution in [0.25, 0.3) is 0 Å². The highest BCUT2D eigenvalue weighted by Gasteiger charge is 2.40. The van der Waals surface area contributed by atoms with Gasteiger partial charge in [-0.05, 0) is 37.1 Å². The Hall–Kier alpha value is -3.36. The smallest absolute Gasteiger partial charge is 0.316 e. The van der Waals surface area contributed by atoms with E-state index >= 15 is 0 Å². The summed E-state index contributed by atoms with van der Waals surface area (Å²) in [5.74, 6) is -2.94. The third-order valence-electron chi connectivity index (χ3n) is 4.27. The molecule has 0 radical (unpaired) electrons. The summed E-state index contributed by atoms with van der Waals surface area (Å²) in [4.78, 5) is 36.4. The third-order valence-corrected chi connectivity index (χ3v) is 4.27. The maximum absolute atomic E-state index is 12.7. The Morgan fingerprint density at radius 2 is 2.00 bits per heavy atom. The number of rotatable bonds is 7. The molecule has 2 rings (SSSR count). The lowest BCUT2D eigenvalue weighted by Gasteiger charge is -2.20. The molecule has 7 N–H and O–H groups in total. The number of aliphatic carboxylic acids is 1. The Balaban J connectivity index is 2.09. The summed E-state index contributed by atoms with van der Waals surface area (Å²) in [5, 5.41) is 19.1. The van der Waals surface area contributed by atoms with Crippen molar-refractivity contribution in [2.45, 2.75) is 12.8 Å². The Morgan fingerprint density at radius 1 is 1.35 bits per heavy atom. The van der Waals surface area contributed by atoms with Crippen LogP contribution < -0.4 is 21.7 Å². The zero-order chi connectivity index (χ0) is 19.3. The molecule has 9 heteroatoms. The summed E-state index contributed by atoms with van der Waals surface area (Å²) in [6.07, 6.45) is 3.27. The zero-order valence-electron chi connectivity index (χ0n) is 14.0. The van der Waals surface area contributed by atoms with Crippen molar-refractivity contribution in [2.75, 3.05) is 11.4 Å². The van der Waals surface area contributed by atoms with Gasteiger partial charge in [0.2, 0.25) is 5.91 Å². The fourth-order valence-corrected chi connectivity index (χ4v) is 2.95. The number of hydrogen-bond donors (Lipinski definition) is 5. The van der Waals surface area contributed by atoms with Crippen LogP contribution in [0.4, 0.5) is 10.5 Å². The standard InChI is InChI=1S/C17H21N5O4/c18-14(19)10-3-5-11(6-4-10)22-9-7-12(15(22)23)13(16(24)25)2-1-8-21-17(20)26/h1,3-6,8,12-13H,2,7,9H2,(H3,18,19)(H,24,25)(H3,20,21,26). The van der Waals surface area contributed by atoms with Crippen LogP contribution in [0, 0.1) is 17.2 Å². The van der Waals surface area contributed by atoms with Gasteiger partial charge in [0.05, 0.1) is 11.8 Å². The van der Waals surface area contributed by atoms with Crippen LogP contribution in [0.1, 0.15) is 18.4 Å². The van der Waals surface area contributed by atoms with Crippen LogP contribution in [0.15, 0.2) is 36.5 Å². The van der Waals surface area contributed by atoms with Gasteiger partial charge in [-0.15, -0.1) is 0 Å². The summed E-state index contributed by atoms with van der Waals surface area (Å²) < 4.78 is 0. The first kappa shape index (κ1) is 19.0. The molecule has 0 bridgehead atoms. The van der Waals surface area contributed by atoms with Gasteiger partial charge in [-0.2, -0.15) is 0 Å². The molecule has 0 aromatic heterocycles. The number of carboxylic acids is 1. The molecule has 1 aliphatic rings. The average molecular weight is 359 g/mol. The maximum atomic E-state index is 12.7. The van der Waals surface area contributed by atoms with E-state index in [9.17, 15) is 19.5 Å². The first-order valence-electron chi connectivity index (χ1n) is 8.01.